The Morgan fingerprint density at radius 1 is 1.45 bits per heavy atom. The first-order valence-electron chi connectivity index (χ1n) is 7.89. The van der Waals surface area contributed by atoms with Gasteiger partial charge in [0.15, 0.2) is 5.71 Å². The minimum atomic E-state index is -1.29. The number of thioether (sulfide) groups is 1. The van der Waals surface area contributed by atoms with E-state index in [0.717, 1.165) is 16.6 Å². The maximum atomic E-state index is 12.6. The highest BCUT2D eigenvalue weighted by atomic mass is 32.2. The summed E-state index contributed by atoms with van der Waals surface area (Å²) in [5, 5.41) is 23.4. The SMILES string of the molecule is C=CC1=C(C(=O)O)N2C(=O)C(NC(=O)C(=NOCC(=O)O)c3cnsn3)[C@@H]2SC1. The number of β-lactam (4-membered cyclic amide) rings is 1. The Balaban J connectivity index is 1.77. The Hall–Kier alpha value is -3.26. The van der Waals surface area contributed by atoms with Crippen LogP contribution in [-0.4, -0.2) is 77.1 Å². The van der Waals surface area contributed by atoms with Crippen LogP contribution in [0.1, 0.15) is 5.69 Å². The van der Waals surface area contributed by atoms with E-state index in [-0.39, 0.29) is 17.1 Å². The fourth-order valence-electron chi connectivity index (χ4n) is 2.63. The van der Waals surface area contributed by atoms with Crippen LogP contribution in [-0.2, 0) is 24.0 Å². The van der Waals surface area contributed by atoms with Gasteiger partial charge in [-0.2, -0.15) is 8.75 Å². The van der Waals surface area contributed by atoms with E-state index in [2.05, 4.69) is 30.6 Å². The number of hydrogen-bond donors (Lipinski definition) is 3. The number of allylic oxidation sites excluding steroid dienone is 1. The first-order valence-corrected chi connectivity index (χ1v) is 9.67. The van der Waals surface area contributed by atoms with Crippen LogP contribution < -0.4 is 5.32 Å². The van der Waals surface area contributed by atoms with Gasteiger partial charge in [-0.15, -0.1) is 11.8 Å². The van der Waals surface area contributed by atoms with Gasteiger partial charge in [0.25, 0.3) is 11.8 Å². The lowest BCUT2D eigenvalue weighted by Gasteiger charge is -2.49. The van der Waals surface area contributed by atoms with E-state index in [9.17, 15) is 24.3 Å². The molecule has 0 aromatic carbocycles. The smallest absolute Gasteiger partial charge is 0.352 e. The molecule has 3 heterocycles. The van der Waals surface area contributed by atoms with Gasteiger partial charge in [0.2, 0.25) is 6.61 Å². The Morgan fingerprint density at radius 3 is 2.79 bits per heavy atom. The van der Waals surface area contributed by atoms with E-state index in [1.165, 1.54) is 24.0 Å². The van der Waals surface area contributed by atoms with Crippen molar-refractivity contribution in [2.75, 3.05) is 12.4 Å². The van der Waals surface area contributed by atoms with Crippen molar-refractivity contribution in [1.82, 2.24) is 19.0 Å². The zero-order chi connectivity index (χ0) is 21.1. The zero-order valence-electron chi connectivity index (χ0n) is 14.5. The molecule has 2 atom stereocenters. The fraction of sp³-hybridized carbons (Fsp3) is 0.267. The Labute approximate surface area is 171 Å². The van der Waals surface area contributed by atoms with Crippen LogP contribution in [0.25, 0.3) is 0 Å². The average Bonchev–Trinajstić information content (AvgIpc) is 3.21. The summed E-state index contributed by atoms with van der Waals surface area (Å²) in [7, 11) is 0. The van der Waals surface area contributed by atoms with Gasteiger partial charge in [0.1, 0.15) is 22.8 Å². The van der Waals surface area contributed by atoms with Crippen LogP contribution in [0.15, 0.2) is 35.3 Å². The third-order valence-corrected chi connectivity index (χ3v) is 5.68. The number of carbonyl (C=O) groups excluding carboxylic acids is 2. The van der Waals surface area contributed by atoms with Gasteiger partial charge in [-0.3, -0.25) is 14.5 Å². The van der Waals surface area contributed by atoms with E-state index in [4.69, 9.17) is 5.11 Å². The average molecular weight is 439 g/mol. The van der Waals surface area contributed by atoms with Crippen molar-refractivity contribution in [1.29, 1.82) is 0 Å². The predicted molar refractivity (Wildman–Crippen MR) is 99.9 cm³/mol. The number of aromatic nitrogens is 2. The summed E-state index contributed by atoms with van der Waals surface area (Å²) in [4.78, 5) is 52.9. The van der Waals surface area contributed by atoms with Crippen LogP contribution in [0.4, 0.5) is 0 Å². The quantitative estimate of drug-likeness (QED) is 0.266. The molecule has 3 rings (SSSR count). The molecular formula is C15H13N5O7S2. The van der Waals surface area contributed by atoms with Crippen molar-refractivity contribution in [3.8, 4) is 0 Å². The summed E-state index contributed by atoms with van der Waals surface area (Å²) in [6.07, 6.45) is 2.62. The standard InChI is InChI=1S/C15H13N5O7S2/c1-2-6-5-28-14-10(13(24)20(14)11(6)15(25)26)17-12(23)9(7-3-16-29-19-7)18-27-4-8(21)22/h2-3,10,14H,1,4-5H2,(H,17,23)(H,21,22)(H,25,26)/t10?,14-/m0/s1. The molecular weight excluding hydrogens is 426 g/mol. The molecule has 3 N–H and O–H groups in total. The van der Waals surface area contributed by atoms with Crippen LogP contribution in [0.2, 0.25) is 0 Å². The summed E-state index contributed by atoms with van der Waals surface area (Å²) in [5.74, 6) is -3.68. The van der Waals surface area contributed by atoms with Gasteiger partial charge in [-0.1, -0.05) is 17.8 Å². The molecule has 1 unspecified atom stereocenters. The third-order valence-electron chi connectivity index (χ3n) is 3.90. The topological polar surface area (TPSA) is 171 Å². The van der Waals surface area contributed by atoms with Crippen molar-refractivity contribution < 1.29 is 34.2 Å². The number of rotatable bonds is 8. The van der Waals surface area contributed by atoms with Crippen molar-refractivity contribution in [2.24, 2.45) is 5.16 Å². The number of nitrogens with one attached hydrogen (secondary N) is 1. The fourth-order valence-corrected chi connectivity index (χ4v) is 4.39. The maximum Gasteiger partial charge on any atom is 0.352 e. The van der Waals surface area contributed by atoms with Crippen LogP contribution in [0.3, 0.4) is 0 Å². The molecule has 1 aromatic heterocycles. The molecule has 152 valence electrons. The molecule has 12 nitrogen and oxygen atoms in total. The van der Waals surface area contributed by atoms with Crippen LogP contribution in [0.5, 0.6) is 0 Å². The minimum Gasteiger partial charge on any atom is -0.479 e. The number of carboxylic acids is 2. The molecule has 1 saturated heterocycles. The zero-order valence-corrected chi connectivity index (χ0v) is 16.1. The lowest BCUT2D eigenvalue weighted by atomic mass is 10.0. The lowest BCUT2D eigenvalue weighted by molar-refractivity contribution is -0.150. The van der Waals surface area contributed by atoms with Crippen molar-refractivity contribution in [2.45, 2.75) is 11.4 Å². The second-order valence-electron chi connectivity index (χ2n) is 5.64. The predicted octanol–water partition coefficient (Wildman–Crippen LogP) is -0.732. The number of carbonyl (C=O) groups is 4. The number of fused-ring (bicyclic) bond motifs is 1. The largest absolute Gasteiger partial charge is 0.479 e. The third kappa shape index (κ3) is 3.97. The van der Waals surface area contributed by atoms with E-state index < -0.39 is 41.8 Å². The number of oxime groups is 1. The molecule has 29 heavy (non-hydrogen) atoms. The molecule has 2 amide bonds. The molecule has 0 bridgehead atoms. The lowest BCUT2D eigenvalue weighted by Crippen LogP contribution is -2.71. The molecule has 14 heteroatoms. The van der Waals surface area contributed by atoms with E-state index in [1.54, 1.807) is 0 Å². The minimum absolute atomic E-state index is 0.0397. The second kappa shape index (κ2) is 8.40. The summed E-state index contributed by atoms with van der Waals surface area (Å²) in [6.45, 7) is 2.78. The van der Waals surface area contributed by atoms with Gasteiger partial charge >= 0.3 is 11.9 Å². The molecule has 2 aliphatic heterocycles. The molecule has 0 aliphatic carbocycles. The monoisotopic (exact) mass is 439 g/mol. The Morgan fingerprint density at radius 2 is 2.21 bits per heavy atom. The number of nitrogens with zero attached hydrogens (tertiary/aromatic N) is 4. The highest BCUT2D eigenvalue weighted by molar-refractivity contribution is 8.00. The van der Waals surface area contributed by atoms with Gasteiger partial charge in [-0.05, 0) is 5.57 Å². The number of amides is 2. The number of carboxylic acid groups (broad SMARTS) is 2. The Kier molecular flexibility index (Phi) is 5.93. The number of hydrogen-bond acceptors (Lipinski definition) is 10. The molecule has 0 spiro atoms. The number of aliphatic carboxylic acids is 2. The highest BCUT2D eigenvalue weighted by Gasteiger charge is 2.54. The molecule has 1 aromatic rings. The normalized spacial score (nSPS) is 21.2. The summed E-state index contributed by atoms with van der Waals surface area (Å²) in [6, 6.07) is -0.996. The van der Waals surface area contributed by atoms with Crippen LogP contribution >= 0.6 is 23.5 Å². The summed E-state index contributed by atoms with van der Waals surface area (Å²) < 4.78 is 7.61. The van der Waals surface area contributed by atoms with Crippen molar-refractivity contribution in [3.63, 3.8) is 0 Å². The van der Waals surface area contributed by atoms with Crippen molar-refractivity contribution in [3.05, 3.63) is 35.8 Å². The highest BCUT2D eigenvalue weighted by Crippen LogP contribution is 2.40. The molecule has 1 fully saturated rings. The van der Waals surface area contributed by atoms with Crippen LogP contribution in [0, 0.1) is 0 Å². The summed E-state index contributed by atoms with van der Waals surface area (Å²) in [5.41, 5.74) is -0.0675. The van der Waals surface area contributed by atoms with E-state index in [1.807, 2.05) is 0 Å². The van der Waals surface area contributed by atoms with E-state index in [0.29, 0.717) is 11.3 Å². The van der Waals surface area contributed by atoms with Gasteiger partial charge in [0.05, 0.1) is 17.9 Å². The van der Waals surface area contributed by atoms with Gasteiger partial charge in [-0.25, -0.2) is 9.59 Å². The first kappa shape index (κ1) is 20.5. The first-order chi connectivity index (χ1) is 13.8. The maximum absolute atomic E-state index is 12.6. The van der Waals surface area contributed by atoms with Gasteiger partial charge in [0, 0.05) is 5.75 Å². The Bertz CT molecular complexity index is 943. The van der Waals surface area contributed by atoms with Gasteiger partial charge < -0.3 is 20.4 Å². The summed E-state index contributed by atoms with van der Waals surface area (Å²) >= 11 is 2.07. The molecule has 2 aliphatic rings. The van der Waals surface area contributed by atoms with Crippen molar-refractivity contribution >= 4 is 53.0 Å². The molecule has 0 radical (unpaired) electrons. The molecule has 0 saturated carbocycles. The second-order valence-corrected chi connectivity index (χ2v) is 7.31. The van der Waals surface area contributed by atoms with E-state index >= 15 is 0 Å².